The number of rotatable bonds is 8. The number of carbonyl (C=O) groups excluding carboxylic acids is 2. The number of carbonyl (C=O) groups is 2. The van der Waals surface area contributed by atoms with Crippen molar-refractivity contribution in [3.8, 4) is 0 Å². The third-order valence-corrected chi connectivity index (χ3v) is 13.5. The highest BCUT2D eigenvalue weighted by Gasteiger charge is 2.51. The van der Waals surface area contributed by atoms with Gasteiger partial charge in [-0.15, -0.1) is 0 Å². The van der Waals surface area contributed by atoms with Crippen LogP contribution in [0.2, 0.25) is 10.1 Å². The van der Waals surface area contributed by atoms with Crippen molar-refractivity contribution in [2.45, 2.75) is 83.7 Å². The molecule has 1 saturated heterocycles. The monoisotopic (exact) mass is 668 g/mol. The average molecular weight is 669 g/mol. The van der Waals surface area contributed by atoms with Crippen LogP contribution in [0, 0.1) is 5.82 Å². The summed E-state index contributed by atoms with van der Waals surface area (Å²) in [4.78, 5) is 28.8. The molecule has 0 saturated carbocycles. The van der Waals surface area contributed by atoms with E-state index >= 15 is 0 Å². The van der Waals surface area contributed by atoms with Crippen LogP contribution in [0.15, 0.2) is 78.9 Å². The van der Waals surface area contributed by atoms with Gasteiger partial charge in [0, 0.05) is 5.02 Å². The summed E-state index contributed by atoms with van der Waals surface area (Å²) in [6.07, 6.45) is -1.53. The van der Waals surface area contributed by atoms with Gasteiger partial charge in [-0.2, -0.15) is 0 Å². The normalized spacial score (nSPS) is 17.8. The Morgan fingerprint density at radius 3 is 2.00 bits per heavy atom. The van der Waals surface area contributed by atoms with Crippen LogP contribution in [0.1, 0.15) is 61.0 Å². The number of nitrogens with zero attached hydrogens (tertiary/aromatic N) is 1. The third-order valence-electron chi connectivity index (χ3n) is 8.16. The summed E-state index contributed by atoms with van der Waals surface area (Å²) in [6.45, 7) is 15.7. The van der Waals surface area contributed by atoms with E-state index in [9.17, 15) is 14.0 Å². The number of morpholine rings is 1. The second kappa shape index (κ2) is 13.9. The largest absolute Gasteiger partial charge is 0.444 e. The Morgan fingerprint density at radius 2 is 1.50 bits per heavy atom. The van der Waals surface area contributed by atoms with Crippen molar-refractivity contribution < 1.29 is 27.9 Å². The van der Waals surface area contributed by atoms with E-state index in [1.54, 1.807) is 45.6 Å². The zero-order valence-corrected chi connectivity index (χ0v) is 29.8. The molecule has 0 unspecified atom stereocenters. The third kappa shape index (κ3) is 8.00. The predicted molar refractivity (Wildman–Crippen MR) is 183 cm³/mol. The molecule has 0 spiro atoms. The van der Waals surface area contributed by atoms with Crippen LogP contribution in [0.5, 0.6) is 0 Å². The second-order valence-electron chi connectivity index (χ2n) is 14.3. The minimum absolute atomic E-state index is 0.0389. The van der Waals surface area contributed by atoms with E-state index in [0.717, 1.165) is 10.4 Å². The molecule has 0 aromatic heterocycles. The lowest BCUT2D eigenvalue weighted by Crippen LogP contribution is -2.68. The van der Waals surface area contributed by atoms with Gasteiger partial charge in [0.15, 0.2) is 6.10 Å². The first-order valence-corrected chi connectivity index (χ1v) is 17.9. The van der Waals surface area contributed by atoms with Crippen molar-refractivity contribution in [3.63, 3.8) is 0 Å². The Morgan fingerprint density at radius 1 is 0.935 bits per heavy atom. The van der Waals surface area contributed by atoms with Crippen molar-refractivity contribution in [3.05, 3.63) is 95.3 Å². The van der Waals surface area contributed by atoms with Crippen molar-refractivity contribution >= 4 is 42.3 Å². The maximum absolute atomic E-state index is 13.7. The number of nitrogens with one attached hydrogen (secondary N) is 1. The van der Waals surface area contributed by atoms with E-state index in [2.05, 4.69) is 50.4 Å². The van der Waals surface area contributed by atoms with Crippen molar-refractivity contribution in [2.24, 2.45) is 0 Å². The van der Waals surface area contributed by atoms with Crippen molar-refractivity contribution in [2.75, 3.05) is 19.8 Å². The molecule has 1 N–H and O–H groups in total. The molecule has 0 aliphatic carbocycles. The summed E-state index contributed by atoms with van der Waals surface area (Å²) in [5.41, 5.74) is -1.14. The van der Waals surface area contributed by atoms with Gasteiger partial charge in [0.05, 0.1) is 31.3 Å². The number of halogens is 2. The Hall–Kier alpha value is -3.24. The van der Waals surface area contributed by atoms with Gasteiger partial charge in [-0.1, -0.05) is 99.1 Å². The number of hydrogen-bond acceptors (Lipinski definition) is 5. The Kier molecular flexibility index (Phi) is 10.7. The minimum atomic E-state index is -2.91. The first-order valence-electron chi connectivity index (χ1n) is 15.6. The highest BCUT2D eigenvalue weighted by Crippen LogP contribution is 2.37. The van der Waals surface area contributed by atoms with E-state index < -0.39 is 49.4 Å². The molecule has 1 heterocycles. The quantitative estimate of drug-likeness (QED) is 0.281. The zero-order chi connectivity index (χ0) is 33.9. The molecule has 7 nitrogen and oxygen atoms in total. The van der Waals surface area contributed by atoms with E-state index in [1.807, 2.05) is 36.4 Å². The molecular weight excluding hydrogens is 623 g/mol. The van der Waals surface area contributed by atoms with Crippen LogP contribution in [0.25, 0.3) is 0 Å². The molecule has 3 aromatic carbocycles. The molecule has 1 aliphatic heterocycles. The van der Waals surface area contributed by atoms with Crippen LogP contribution in [-0.4, -0.2) is 62.7 Å². The molecule has 3 aromatic rings. The summed E-state index contributed by atoms with van der Waals surface area (Å²) in [7, 11) is -2.91. The summed E-state index contributed by atoms with van der Waals surface area (Å²) in [6, 6.07) is 24.1. The van der Waals surface area contributed by atoms with Gasteiger partial charge in [0.2, 0.25) is 0 Å². The number of hydrogen-bond donors (Lipinski definition) is 1. The van der Waals surface area contributed by atoms with Gasteiger partial charge in [0.25, 0.3) is 14.2 Å². The van der Waals surface area contributed by atoms with Gasteiger partial charge >= 0.3 is 6.09 Å². The van der Waals surface area contributed by atoms with Crippen molar-refractivity contribution in [1.29, 1.82) is 0 Å². The molecule has 0 bridgehead atoms. The smallest absolute Gasteiger partial charge is 0.410 e. The van der Waals surface area contributed by atoms with Gasteiger partial charge in [0.1, 0.15) is 11.4 Å². The molecule has 1 aliphatic rings. The maximum atomic E-state index is 13.7. The van der Waals surface area contributed by atoms with Crippen LogP contribution in [0.4, 0.5) is 9.18 Å². The lowest BCUT2D eigenvalue weighted by Gasteiger charge is -2.46. The number of benzene rings is 3. The number of ether oxygens (including phenoxy) is 2. The summed E-state index contributed by atoms with van der Waals surface area (Å²) in [5.74, 6) is -0.892. The van der Waals surface area contributed by atoms with E-state index in [-0.39, 0.29) is 29.8 Å². The maximum Gasteiger partial charge on any atom is 0.410 e. The Balaban J connectivity index is 1.62. The number of amides is 2. The van der Waals surface area contributed by atoms with E-state index in [1.165, 1.54) is 12.1 Å². The van der Waals surface area contributed by atoms with Gasteiger partial charge in [-0.05, 0) is 67.7 Å². The molecule has 248 valence electrons. The van der Waals surface area contributed by atoms with Gasteiger partial charge < -0.3 is 19.2 Å². The second-order valence-corrected chi connectivity index (χ2v) is 19.0. The minimum Gasteiger partial charge on any atom is -0.444 e. The molecule has 4 rings (SSSR count). The van der Waals surface area contributed by atoms with Crippen LogP contribution in [0.3, 0.4) is 0 Å². The first-order chi connectivity index (χ1) is 21.4. The highest BCUT2D eigenvalue weighted by atomic mass is 35.5. The van der Waals surface area contributed by atoms with Crippen LogP contribution in [-0.2, 0) is 24.2 Å². The van der Waals surface area contributed by atoms with Crippen molar-refractivity contribution in [1.82, 2.24) is 10.2 Å². The molecule has 46 heavy (non-hydrogen) atoms. The lowest BCUT2D eigenvalue weighted by molar-refractivity contribution is -0.144. The Bertz CT molecular complexity index is 1470. The summed E-state index contributed by atoms with van der Waals surface area (Å²) >= 11 is 6.32. The first kappa shape index (κ1) is 35.6. The molecule has 2 atom stereocenters. The predicted octanol–water partition coefficient (Wildman–Crippen LogP) is 6.41. The summed E-state index contributed by atoms with van der Waals surface area (Å²) in [5, 5.41) is 5.14. The SMILES string of the molecule is CC(C)(C)OC(=O)N1C[C@@H](C(=O)NC(C)(C)c2ccc(F)cc2Cl)OC[C@@H]1CO[Si](c1ccccc1)(c1ccccc1)C(C)(C)C. The zero-order valence-electron chi connectivity index (χ0n) is 28.0. The summed E-state index contributed by atoms with van der Waals surface area (Å²) < 4.78 is 32.8. The molecule has 0 radical (unpaired) electrons. The highest BCUT2D eigenvalue weighted by molar-refractivity contribution is 6.99. The lowest BCUT2D eigenvalue weighted by atomic mass is 9.93. The van der Waals surface area contributed by atoms with Crippen LogP contribution < -0.4 is 15.7 Å². The topological polar surface area (TPSA) is 77.1 Å². The fourth-order valence-corrected chi connectivity index (χ4v) is 11.0. The fraction of sp³-hybridized carbons (Fsp3) is 0.444. The molecular formula is C36H46ClFN2O5Si. The standard InChI is InChI=1S/C36H46ClFN2O5Si/c1-34(2,3)45-33(42)40-22-31(32(41)39-36(7,8)29-20-19-25(38)21-30(29)37)43-23-26(40)24-44-46(35(4,5)6,27-15-11-9-12-16-27)28-17-13-10-14-18-28/h9-21,26,31H,22-24H2,1-8H3,(H,39,41)/t26-,31+/m1/s1. The fourth-order valence-electron chi connectivity index (χ4n) is 5.97. The van der Waals surface area contributed by atoms with Gasteiger partial charge in [-0.25, -0.2) is 9.18 Å². The molecule has 10 heteroatoms. The van der Waals surface area contributed by atoms with E-state index in [0.29, 0.717) is 5.56 Å². The van der Waals surface area contributed by atoms with E-state index in [4.69, 9.17) is 25.5 Å². The average Bonchev–Trinajstić information content (AvgIpc) is 2.96. The molecule has 2 amide bonds. The Labute approximate surface area is 278 Å². The molecule has 1 fully saturated rings. The van der Waals surface area contributed by atoms with Gasteiger partial charge in [-0.3, -0.25) is 9.69 Å². The van der Waals surface area contributed by atoms with Crippen LogP contribution >= 0.6 is 11.6 Å².